The van der Waals surface area contributed by atoms with Crippen LogP contribution in [-0.2, 0) is 13.5 Å². The van der Waals surface area contributed by atoms with E-state index >= 15 is 0 Å². The molecule has 0 radical (unpaired) electrons. The van der Waals surface area contributed by atoms with Gasteiger partial charge in [0.05, 0.1) is 12.8 Å². The predicted molar refractivity (Wildman–Crippen MR) is 97.7 cm³/mol. The number of aromatic nitrogens is 2. The van der Waals surface area contributed by atoms with Crippen LogP contribution in [0.25, 0.3) is 11.3 Å². The average Bonchev–Trinajstić information content (AvgIpc) is 3.05. The molecule has 0 aliphatic heterocycles. The maximum absolute atomic E-state index is 12.3. The Morgan fingerprint density at radius 1 is 1.12 bits per heavy atom. The van der Waals surface area contributed by atoms with Crippen LogP contribution >= 0.6 is 0 Å². The fourth-order valence-electron chi connectivity index (χ4n) is 2.66. The molecule has 0 fully saturated rings. The number of nitrogens with one attached hydrogen (secondary N) is 1. The molecule has 0 unspecified atom stereocenters. The summed E-state index contributed by atoms with van der Waals surface area (Å²) in [6.45, 7) is 0.558. The molecule has 3 rings (SSSR count). The Kier molecular flexibility index (Phi) is 5.14. The number of hydrogen-bond donors (Lipinski definition) is 1. The van der Waals surface area contributed by atoms with E-state index in [4.69, 9.17) is 4.74 Å². The van der Waals surface area contributed by atoms with Gasteiger partial charge in [-0.3, -0.25) is 9.48 Å². The largest absolute Gasteiger partial charge is 0.497 e. The van der Waals surface area contributed by atoms with E-state index < -0.39 is 0 Å². The lowest BCUT2D eigenvalue weighted by Crippen LogP contribution is -2.26. The topological polar surface area (TPSA) is 56.1 Å². The Morgan fingerprint density at radius 2 is 1.84 bits per heavy atom. The molecule has 1 N–H and O–H groups in total. The third-order valence-electron chi connectivity index (χ3n) is 4.04. The molecule has 1 aromatic heterocycles. The van der Waals surface area contributed by atoms with Crippen molar-refractivity contribution in [3.05, 3.63) is 71.9 Å². The minimum atomic E-state index is -0.161. The van der Waals surface area contributed by atoms with Gasteiger partial charge in [0.2, 0.25) is 0 Å². The van der Waals surface area contributed by atoms with Crippen LogP contribution in [0.15, 0.2) is 60.7 Å². The minimum absolute atomic E-state index is 0.161. The highest BCUT2D eigenvalue weighted by Crippen LogP contribution is 2.19. The summed E-state index contributed by atoms with van der Waals surface area (Å²) in [5.41, 5.74) is 3.53. The summed E-state index contributed by atoms with van der Waals surface area (Å²) >= 11 is 0. The summed E-state index contributed by atoms with van der Waals surface area (Å²) in [5.74, 6) is 0.668. The number of amides is 1. The lowest BCUT2D eigenvalue weighted by Gasteiger charge is -2.05. The van der Waals surface area contributed by atoms with Crippen LogP contribution in [-0.4, -0.2) is 29.3 Å². The van der Waals surface area contributed by atoms with Crippen LogP contribution in [0.5, 0.6) is 5.75 Å². The molecule has 1 amide bonds. The zero-order valence-electron chi connectivity index (χ0n) is 14.4. The third-order valence-corrected chi connectivity index (χ3v) is 4.04. The van der Waals surface area contributed by atoms with E-state index in [0.717, 1.165) is 29.0 Å². The first-order valence-electron chi connectivity index (χ1n) is 8.18. The summed E-state index contributed by atoms with van der Waals surface area (Å²) in [5, 5.41) is 7.25. The molecular weight excluding hydrogens is 314 g/mol. The summed E-state index contributed by atoms with van der Waals surface area (Å²) in [7, 11) is 3.49. The maximum atomic E-state index is 12.3. The molecule has 2 aromatic carbocycles. The van der Waals surface area contributed by atoms with Crippen LogP contribution < -0.4 is 10.1 Å². The molecular formula is C20H21N3O2. The predicted octanol–water partition coefficient (Wildman–Crippen LogP) is 3.07. The highest BCUT2D eigenvalue weighted by atomic mass is 16.5. The summed E-state index contributed by atoms with van der Waals surface area (Å²) in [6.07, 6.45) is 0.758. The van der Waals surface area contributed by atoms with Gasteiger partial charge < -0.3 is 10.1 Å². The molecule has 0 saturated carbocycles. The molecule has 5 nitrogen and oxygen atoms in total. The summed E-state index contributed by atoms with van der Waals surface area (Å²) in [6, 6.07) is 19.6. The van der Waals surface area contributed by atoms with Crippen molar-refractivity contribution in [2.45, 2.75) is 6.42 Å². The van der Waals surface area contributed by atoms with E-state index in [1.165, 1.54) is 0 Å². The first kappa shape index (κ1) is 16.8. The summed E-state index contributed by atoms with van der Waals surface area (Å²) < 4.78 is 6.87. The lowest BCUT2D eigenvalue weighted by molar-refractivity contribution is 0.0948. The van der Waals surface area contributed by atoms with Crippen molar-refractivity contribution in [1.29, 1.82) is 0 Å². The minimum Gasteiger partial charge on any atom is -0.497 e. The van der Waals surface area contributed by atoms with E-state index in [1.54, 1.807) is 11.8 Å². The Bertz CT molecular complexity index is 839. The lowest BCUT2D eigenvalue weighted by atomic mass is 10.1. The molecule has 0 bridgehead atoms. The second kappa shape index (κ2) is 7.66. The molecule has 0 aliphatic carbocycles. The highest BCUT2D eigenvalue weighted by Gasteiger charge is 2.13. The smallest absolute Gasteiger partial charge is 0.271 e. The quantitative estimate of drug-likeness (QED) is 0.753. The van der Waals surface area contributed by atoms with Crippen LogP contribution in [0.4, 0.5) is 0 Å². The van der Waals surface area contributed by atoms with Crippen LogP contribution in [0, 0.1) is 0 Å². The number of ether oxygens (including phenoxy) is 1. The SMILES string of the molecule is COc1ccc(CCNC(=O)c2cc(-c3ccccc3)n(C)n2)cc1. The molecule has 5 heteroatoms. The fourth-order valence-corrected chi connectivity index (χ4v) is 2.66. The number of aryl methyl sites for hydroxylation is 1. The van der Waals surface area contributed by atoms with E-state index in [-0.39, 0.29) is 5.91 Å². The van der Waals surface area contributed by atoms with Gasteiger partial charge in [-0.25, -0.2) is 0 Å². The van der Waals surface area contributed by atoms with Gasteiger partial charge in [-0.15, -0.1) is 0 Å². The second-order valence-electron chi connectivity index (χ2n) is 5.76. The zero-order chi connectivity index (χ0) is 17.6. The molecule has 0 atom stereocenters. The van der Waals surface area contributed by atoms with Gasteiger partial charge in [0, 0.05) is 13.6 Å². The van der Waals surface area contributed by atoms with Gasteiger partial charge in [-0.05, 0) is 35.7 Å². The number of nitrogens with zero attached hydrogens (tertiary/aromatic N) is 2. The molecule has 25 heavy (non-hydrogen) atoms. The second-order valence-corrected chi connectivity index (χ2v) is 5.76. The van der Waals surface area contributed by atoms with Gasteiger partial charge >= 0.3 is 0 Å². The first-order chi connectivity index (χ1) is 12.2. The van der Waals surface area contributed by atoms with Crippen LogP contribution in [0.1, 0.15) is 16.1 Å². The standard InChI is InChI=1S/C20H21N3O2/c1-23-19(16-6-4-3-5-7-16)14-18(22-23)20(24)21-13-12-15-8-10-17(25-2)11-9-15/h3-11,14H,12-13H2,1-2H3,(H,21,24). The van der Waals surface area contributed by atoms with Crippen molar-refractivity contribution < 1.29 is 9.53 Å². The van der Waals surface area contributed by atoms with E-state index in [0.29, 0.717) is 12.2 Å². The van der Waals surface area contributed by atoms with Gasteiger partial charge in [0.25, 0.3) is 5.91 Å². The number of methoxy groups -OCH3 is 1. The number of carbonyl (C=O) groups excluding carboxylic acids is 1. The third kappa shape index (κ3) is 4.07. The van der Waals surface area contributed by atoms with Gasteiger partial charge in [-0.1, -0.05) is 42.5 Å². The van der Waals surface area contributed by atoms with E-state index in [9.17, 15) is 4.79 Å². The van der Waals surface area contributed by atoms with Crippen molar-refractivity contribution in [2.24, 2.45) is 7.05 Å². The maximum Gasteiger partial charge on any atom is 0.271 e. The Hall–Kier alpha value is -3.08. The van der Waals surface area contributed by atoms with E-state index in [1.807, 2.05) is 67.7 Å². The van der Waals surface area contributed by atoms with Crippen molar-refractivity contribution in [1.82, 2.24) is 15.1 Å². The van der Waals surface area contributed by atoms with E-state index in [2.05, 4.69) is 10.4 Å². The molecule has 0 aliphatic rings. The molecule has 0 spiro atoms. The Labute approximate surface area is 147 Å². The van der Waals surface area contributed by atoms with Crippen molar-refractivity contribution >= 4 is 5.91 Å². The number of rotatable bonds is 6. The summed E-state index contributed by atoms with van der Waals surface area (Å²) in [4.78, 5) is 12.3. The van der Waals surface area contributed by atoms with Gasteiger partial charge in [0.1, 0.15) is 5.75 Å². The van der Waals surface area contributed by atoms with Gasteiger partial charge in [-0.2, -0.15) is 5.10 Å². The normalized spacial score (nSPS) is 10.5. The van der Waals surface area contributed by atoms with Crippen molar-refractivity contribution in [2.75, 3.05) is 13.7 Å². The van der Waals surface area contributed by atoms with Crippen molar-refractivity contribution in [3.8, 4) is 17.0 Å². The number of hydrogen-bond acceptors (Lipinski definition) is 3. The Balaban J connectivity index is 1.60. The monoisotopic (exact) mass is 335 g/mol. The van der Waals surface area contributed by atoms with Crippen LogP contribution in [0.3, 0.4) is 0 Å². The number of benzene rings is 2. The zero-order valence-corrected chi connectivity index (χ0v) is 14.4. The first-order valence-corrected chi connectivity index (χ1v) is 8.18. The number of carbonyl (C=O) groups is 1. The fraction of sp³-hybridized carbons (Fsp3) is 0.200. The molecule has 0 saturated heterocycles. The average molecular weight is 335 g/mol. The highest BCUT2D eigenvalue weighted by molar-refractivity contribution is 5.93. The molecule has 128 valence electrons. The Morgan fingerprint density at radius 3 is 2.52 bits per heavy atom. The molecule has 1 heterocycles. The van der Waals surface area contributed by atoms with Crippen LogP contribution in [0.2, 0.25) is 0 Å². The molecule has 3 aromatic rings. The van der Waals surface area contributed by atoms with Crippen molar-refractivity contribution in [3.63, 3.8) is 0 Å². The van der Waals surface area contributed by atoms with Gasteiger partial charge in [0.15, 0.2) is 5.69 Å².